The molecule has 1 aromatic carbocycles. The minimum atomic E-state index is 0.558. The van der Waals surface area contributed by atoms with E-state index in [1.165, 1.54) is 0 Å². The molecule has 108 valence electrons. The molecule has 2 rings (SSSR count). The van der Waals surface area contributed by atoms with Gasteiger partial charge in [-0.1, -0.05) is 12.1 Å². The third-order valence-electron chi connectivity index (χ3n) is 3.19. The van der Waals surface area contributed by atoms with Crippen molar-refractivity contribution < 1.29 is 9.47 Å². The van der Waals surface area contributed by atoms with E-state index in [1.807, 2.05) is 36.0 Å². The Balaban J connectivity index is 2.05. The molecule has 1 heterocycles. The summed E-state index contributed by atoms with van der Waals surface area (Å²) in [4.78, 5) is 4.28. The summed E-state index contributed by atoms with van der Waals surface area (Å²) in [5, 5.41) is 0. The van der Waals surface area contributed by atoms with Gasteiger partial charge in [-0.3, -0.25) is 0 Å². The van der Waals surface area contributed by atoms with Crippen molar-refractivity contribution >= 4 is 0 Å². The fraction of sp³-hybridized carbons (Fsp3) is 0.400. The van der Waals surface area contributed by atoms with Crippen molar-refractivity contribution in [3.63, 3.8) is 0 Å². The summed E-state index contributed by atoms with van der Waals surface area (Å²) in [6, 6.07) is 5.87. The zero-order valence-corrected chi connectivity index (χ0v) is 12.0. The lowest BCUT2D eigenvalue weighted by Gasteiger charge is -2.14. The molecule has 2 N–H and O–H groups in total. The van der Waals surface area contributed by atoms with Gasteiger partial charge < -0.3 is 19.8 Å². The van der Waals surface area contributed by atoms with Crippen LogP contribution in [-0.4, -0.2) is 29.8 Å². The highest BCUT2D eigenvalue weighted by Crippen LogP contribution is 2.31. The first-order valence-corrected chi connectivity index (χ1v) is 6.71. The fourth-order valence-corrected chi connectivity index (χ4v) is 2.12. The molecule has 2 aromatic rings. The Labute approximate surface area is 119 Å². The van der Waals surface area contributed by atoms with Crippen LogP contribution < -0.4 is 15.2 Å². The summed E-state index contributed by atoms with van der Waals surface area (Å²) in [6.45, 7) is 1.14. The number of para-hydroxylation sites is 1. The fourth-order valence-electron chi connectivity index (χ4n) is 2.12. The van der Waals surface area contributed by atoms with E-state index >= 15 is 0 Å². The van der Waals surface area contributed by atoms with Crippen LogP contribution in [0.15, 0.2) is 30.6 Å². The number of nitrogens with two attached hydrogens (primary N) is 1. The molecule has 0 fully saturated rings. The van der Waals surface area contributed by atoms with E-state index in [0.717, 1.165) is 35.7 Å². The molecule has 0 bridgehead atoms. The highest BCUT2D eigenvalue weighted by atomic mass is 16.5. The molecule has 0 spiro atoms. The number of benzene rings is 1. The zero-order valence-electron chi connectivity index (χ0n) is 12.0. The van der Waals surface area contributed by atoms with Crippen molar-refractivity contribution in [2.24, 2.45) is 12.8 Å². The van der Waals surface area contributed by atoms with Crippen molar-refractivity contribution in [2.45, 2.75) is 12.8 Å². The molecule has 0 atom stereocenters. The Hall–Kier alpha value is -2.01. The third kappa shape index (κ3) is 3.30. The van der Waals surface area contributed by atoms with E-state index < -0.39 is 0 Å². The summed E-state index contributed by atoms with van der Waals surface area (Å²) in [6.07, 6.45) is 5.25. The Morgan fingerprint density at radius 2 is 2.15 bits per heavy atom. The van der Waals surface area contributed by atoms with E-state index in [0.29, 0.717) is 13.2 Å². The smallest absolute Gasteiger partial charge is 0.164 e. The number of imidazole rings is 1. The monoisotopic (exact) mass is 275 g/mol. The van der Waals surface area contributed by atoms with Gasteiger partial charge in [0.2, 0.25) is 0 Å². The molecule has 0 radical (unpaired) electrons. The number of rotatable bonds is 7. The number of nitrogens with zero attached hydrogens (tertiary/aromatic N) is 2. The minimum absolute atomic E-state index is 0.558. The van der Waals surface area contributed by atoms with Crippen LogP contribution in [0.25, 0.3) is 0 Å². The van der Waals surface area contributed by atoms with Gasteiger partial charge in [-0.05, 0) is 24.6 Å². The second-order valence-corrected chi connectivity index (χ2v) is 4.54. The van der Waals surface area contributed by atoms with Gasteiger partial charge in [-0.2, -0.15) is 0 Å². The van der Waals surface area contributed by atoms with Gasteiger partial charge in [0.05, 0.1) is 13.7 Å². The van der Waals surface area contributed by atoms with Crippen LogP contribution in [0.5, 0.6) is 11.5 Å². The Morgan fingerprint density at radius 3 is 2.80 bits per heavy atom. The average molecular weight is 275 g/mol. The Bertz CT molecular complexity index is 552. The van der Waals surface area contributed by atoms with Crippen LogP contribution in [0.4, 0.5) is 0 Å². The number of aryl methyl sites for hydroxylation is 1. The molecule has 0 aliphatic heterocycles. The van der Waals surface area contributed by atoms with E-state index in [1.54, 1.807) is 13.3 Å². The summed E-state index contributed by atoms with van der Waals surface area (Å²) in [5.74, 6) is 2.53. The van der Waals surface area contributed by atoms with Crippen LogP contribution >= 0.6 is 0 Å². The second-order valence-electron chi connectivity index (χ2n) is 4.54. The molecule has 1 aromatic heterocycles. The van der Waals surface area contributed by atoms with Crippen molar-refractivity contribution in [2.75, 3.05) is 20.3 Å². The van der Waals surface area contributed by atoms with E-state index in [-0.39, 0.29) is 0 Å². The number of methoxy groups -OCH3 is 1. The first kappa shape index (κ1) is 14.4. The highest BCUT2D eigenvalue weighted by molar-refractivity contribution is 5.46. The normalized spacial score (nSPS) is 10.6. The number of ether oxygens (including phenoxy) is 2. The largest absolute Gasteiger partial charge is 0.493 e. The predicted molar refractivity (Wildman–Crippen MR) is 78.2 cm³/mol. The summed E-state index contributed by atoms with van der Waals surface area (Å²) in [5.41, 5.74) is 6.71. The summed E-state index contributed by atoms with van der Waals surface area (Å²) in [7, 11) is 3.62. The van der Waals surface area contributed by atoms with Crippen molar-refractivity contribution in [1.29, 1.82) is 0 Å². The molecule has 0 aliphatic carbocycles. The molecule has 0 saturated carbocycles. The number of hydrogen-bond donors (Lipinski definition) is 1. The van der Waals surface area contributed by atoms with E-state index in [9.17, 15) is 0 Å². The Morgan fingerprint density at radius 1 is 1.30 bits per heavy atom. The van der Waals surface area contributed by atoms with Gasteiger partial charge in [0, 0.05) is 25.9 Å². The van der Waals surface area contributed by atoms with Gasteiger partial charge >= 0.3 is 0 Å². The SMILES string of the molecule is COc1cccc(CCN)c1OCCc1nccn1C. The average Bonchev–Trinajstić information content (AvgIpc) is 2.86. The molecular formula is C15H21N3O2. The van der Waals surface area contributed by atoms with E-state index in [4.69, 9.17) is 15.2 Å². The van der Waals surface area contributed by atoms with Crippen molar-refractivity contribution in [1.82, 2.24) is 9.55 Å². The summed E-state index contributed by atoms with van der Waals surface area (Å²) < 4.78 is 13.3. The number of hydrogen-bond acceptors (Lipinski definition) is 4. The molecule has 20 heavy (non-hydrogen) atoms. The second kappa shape index (κ2) is 6.96. The van der Waals surface area contributed by atoms with Crippen LogP contribution in [0, 0.1) is 0 Å². The van der Waals surface area contributed by atoms with Gasteiger partial charge in [-0.15, -0.1) is 0 Å². The van der Waals surface area contributed by atoms with Crippen LogP contribution in [-0.2, 0) is 19.9 Å². The first-order chi connectivity index (χ1) is 9.76. The van der Waals surface area contributed by atoms with Gasteiger partial charge in [0.1, 0.15) is 5.82 Å². The Kier molecular flexibility index (Phi) is 5.01. The quantitative estimate of drug-likeness (QED) is 0.833. The van der Waals surface area contributed by atoms with E-state index in [2.05, 4.69) is 4.98 Å². The lowest BCUT2D eigenvalue weighted by Crippen LogP contribution is -2.10. The lowest BCUT2D eigenvalue weighted by molar-refractivity contribution is 0.291. The zero-order chi connectivity index (χ0) is 14.4. The number of aromatic nitrogens is 2. The standard InChI is InChI=1S/C15H21N3O2/c1-18-10-9-17-14(18)7-11-20-15-12(6-8-16)4-3-5-13(15)19-2/h3-5,9-10H,6-8,11,16H2,1-2H3. The summed E-state index contributed by atoms with van der Waals surface area (Å²) >= 11 is 0. The third-order valence-corrected chi connectivity index (χ3v) is 3.19. The van der Waals surface area contributed by atoms with Gasteiger partial charge in [0.25, 0.3) is 0 Å². The maximum Gasteiger partial charge on any atom is 0.164 e. The van der Waals surface area contributed by atoms with Crippen molar-refractivity contribution in [3.8, 4) is 11.5 Å². The lowest BCUT2D eigenvalue weighted by atomic mass is 10.1. The molecule has 0 amide bonds. The van der Waals surface area contributed by atoms with Gasteiger partial charge in [0.15, 0.2) is 11.5 Å². The molecular weight excluding hydrogens is 254 g/mol. The maximum absolute atomic E-state index is 5.91. The van der Waals surface area contributed by atoms with Crippen molar-refractivity contribution in [3.05, 3.63) is 42.0 Å². The highest BCUT2D eigenvalue weighted by Gasteiger charge is 2.10. The minimum Gasteiger partial charge on any atom is -0.493 e. The van der Waals surface area contributed by atoms with Gasteiger partial charge in [-0.25, -0.2) is 4.98 Å². The van der Waals surface area contributed by atoms with Crippen LogP contribution in [0.1, 0.15) is 11.4 Å². The molecule has 5 nitrogen and oxygen atoms in total. The molecule has 0 saturated heterocycles. The predicted octanol–water partition coefficient (Wildman–Crippen LogP) is 1.55. The first-order valence-electron chi connectivity index (χ1n) is 6.71. The maximum atomic E-state index is 5.91. The topological polar surface area (TPSA) is 62.3 Å². The van der Waals surface area contributed by atoms with Crippen LogP contribution in [0.3, 0.4) is 0 Å². The van der Waals surface area contributed by atoms with Crippen LogP contribution in [0.2, 0.25) is 0 Å². The molecule has 5 heteroatoms. The molecule has 0 unspecified atom stereocenters. The molecule has 0 aliphatic rings.